The van der Waals surface area contributed by atoms with Crippen LogP contribution in [0, 0.1) is 0 Å². The first-order chi connectivity index (χ1) is 19.4. The van der Waals surface area contributed by atoms with Crippen LogP contribution in [0.4, 0.5) is 4.79 Å². The second-order valence-electron chi connectivity index (χ2n) is 13.0. The molecule has 0 aliphatic carbocycles. The number of hydrogen-bond donors (Lipinski definition) is 1. The maximum absolute atomic E-state index is 12.1. The van der Waals surface area contributed by atoms with Crippen LogP contribution in [0.2, 0.25) is 0 Å². The number of alkyl carbamates (subject to hydrolysis) is 1. The Balaban J connectivity index is 1.14. The molecule has 220 valence electrons. The van der Waals surface area contributed by atoms with Gasteiger partial charge in [0.1, 0.15) is 17.8 Å². The topological polar surface area (TPSA) is 63.3 Å². The van der Waals surface area contributed by atoms with Gasteiger partial charge < -0.3 is 29.3 Å². The molecule has 1 N–H and O–H groups in total. The number of benzene rings is 2. The molecule has 1 amide bonds. The van der Waals surface area contributed by atoms with Gasteiger partial charge in [-0.2, -0.15) is 0 Å². The van der Waals surface area contributed by atoms with Crippen molar-refractivity contribution in [2.75, 3.05) is 26.2 Å². The maximum Gasteiger partial charge on any atom is 0.407 e. The first-order valence-corrected chi connectivity index (χ1v) is 14.8. The van der Waals surface area contributed by atoms with E-state index in [1.165, 1.54) is 5.56 Å². The zero-order valence-corrected chi connectivity index (χ0v) is 25.2. The molecule has 3 aliphatic rings. The summed E-state index contributed by atoms with van der Waals surface area (Å²) in [5.74, 6) is -0.0222. The molecule has 2 aromatic carbocycles. The highest BCUT2D eigenvalue weighted by atomic mass is 16.8. The van der Waals surface area contributed by atoms with Gasteiger partial charge in [0, 0.05) is 44.1 Å². The molecular weight excluding hydrogens is 514 g/mol. The molecule has 0 radical (unpaired) electrons. The molecule has 0 saturated carbocycles. The predicted octanol–water partition coefficient (Wildman–Crippen LogP) is 6.37. The smallest absolute Gasteiger partial charge is 0.407 e. The molecule has 7 nitrogen and oxygen atoms in total. The molecule has 41 heavy (non-hydrogen) atoms. The summed E-state index contributed by atoms with van der Waals surface area (Å²) >= 11 is 0. The average Bonchev–Trinajstić information content (AvgIpc) is 3.44. The third kappa shape index (κ3) is 7.14. The molecule has 0 aromatic heterocycles. The van der Waals surface area contributed by atoms with Crippen LogP contribution in [0.5, 0.6) is 0 Å². The number of nitrogens with zero attached hydrogens (tertiary/aromatic N) is 2. The van der Waals surface area contributed by atoms with Gasteiger partial charge in [0.05, 0.1) is 0 Å². The Morgan fingerprint density at radius 2 is 1.54 bits per heavy atom. The van der Waals surface area contributed by atoms with Crippen LogP contribution >= 0.6 is 0 Å². The van der Waals surface area contributed by atoms with Gasteiger partial charge in [-0.15, -0.1) is 0 Å². The van der Waals surface area contributed by atoms with Crippen molar-refractivity contribution in [3.05, 3.63) is 83.9 Å². The zero-order chi connectivity index (χ0) is 29.4. The van der Waals surface area contributed by atoms with Gasteiger partial charge in [-0.25, -0.2) is 4.79 Å². The fourth-order valence-electron chi connectivity index (χ4n) is 6.12. The van der Waals surface area contributed by atoms with Gasteiger partial charge in [0.15, 0.2) is 5.79 Å². The van der Waals surface area contributed by atoms with Gasteiger partial charge in [-0.1, -0.05) is 55.6 Å². The molecule has 2 aromatic rings. The normalized spacial score (nSPS) is 22.4. The summed E-state index contributed by atoms with van der Waals surface area (Å²) in [6, 6.07) is 17.1. The molecule has 0 unspecified atom stereocenters. The summed E-state index contributed by atoms with van der Waals surface area (Å²) in [4.78, 5) is 16.7. The van der Waals surface area contributed by atoms with Crippen LogP contribution in [-0.4, -0.2) is 65.7 Å². The zero-order valence-electron chi connectivity index (χ0n) is 25.2. The summed E-state index contributed by atoms with van der Waals surface area (Å²) in [5.41, 5.74) is 6.19. The Morgan fingerprint density at radius 3 is 2.15 bits per heavy atom. The van der Waals surface area contributed by atoms with Crippen LogP contribution in [0.15, 0.2) is 61.7 Å². The van der Waals surface area contributed by atoms with E-state index in [0.717, 1.165) is 67.1 Å². The number of carbonyl (C=O) groups excluding carboxylic acids is 1. The second-order valence-corrected chi connectivity index (χ2v) is 13.0. The van der Waals surface area contributed by atoms with Gasteiger partial charge >= 0.3 is 6.09 Å². The van der Waals surface area contributed by atoms with Crippen LogP contribution in [0.1, 0.15) is 75.6 Å². The predicted molar refractivity (Wildman–Crippen MR) is 163 cm³/mol. The van der Waals surface area contributed by atoms with E-state index in [9.17, 15) is 4.79 Å². The standard InChI is InChI=1S/C34H45N3O4/c1-23(27-11-9-12-28(19-27)24(2)37-21-30-31(22-37)40-34(6,7)39-30)36-16-14-26(15-17-36)29-13-8-10-25(18-29)20-35-32(38)41-33(3,4)5/h8-13,18-19,26,30-31H,1-2,14-17,20-22H2,3-7H3,(H,35,38)/t30-,31+. The lowest BCUT2D eigenvalue weighted by Gasteiger charge is -2.35. The maximum atomic E-state index is 12.1. The average molecular weight is 560 g/mol. The SMILES string of the molecule is C=C(c1cccc(C(=C)N2C[C@@H]3OC(C)(C)O[C@@H]3C2)c1)N1CCC(c2cccc(CNC(=O)OC(C)(C)C)c2)CC1. The van der Waals surface area contributed by atoms with E-state index in [1.807, 2.05) is 40.7 Å². The summed E-state index contributed by atoms with van der Waals surface area (Å²) < 4.78 is 17.5. The number of nitrogens with one attached hydrogen (secondary N) is 1. The van der Waals surface area contributed by atoms with E-state index in [1.54, 1.807) is 0 Å². The van der Waals surface area contributed by atoms with Crippen LogP contribution in [0.25, 0.3) is 11.4 Å². The van der Waals surface area contributed by atoms with E-state index in [2.05, 4.69) is 70.7 Å². The van der Waals surface area contributed by atoms with Crippen molar-refractivity contribution < 1.29 is 19.0 Å². The largest absolute Gasteiger partial charge is 0.444 e. The minimum atomic E-state index is -0.505. The lowest BCUT2D eigenvalue weighted by Crippen LogP contribution is -2.32. The first kappa shape index (κ1) is 29.2. The van der Waals surface area contributed by atoms with E-state index in [-0.39, 0.29) is 12.2 Å². The number of amides is 1. The van der Waals surface area contributed by atoms with Crippen LogP contribution in [0.3, 0.4) is 0 Å². The molecule has 0 bridgehead atoms. The van der Waals surface area contributed by atoms with Gasteiger partial charge in [0.2, 0.25) is 0 Å². The fourth-order valence-corrected chi connectivity index (χ4v) is 6.12. The highest BCUT2D eigenvalue weighted by molar-refractivity contribution is 5.70. The quantitative estimate of drug-likeness (QED) is 0.426. The Labute approximate surface area is 245 Å². The minimum Gasteiger partial charge on any atom is -0.444 e. The summed E-state index contributed by atoms with van der Waals surface area (Å²) in [6.07, 6.45) is 1.89. The minimum absolute atomic E-state index is 0.0862. The Kier molecular flexibility index (Phi) is 8.22. The number of hydrogen-bond acceptors (Lipinski definition) is 6. The van der Waals surface area contributed by atoms with Gasteiger partial charge in [-0.3, -0.25) is 0 Å². The summed E-state index contributed by atoms with van der Waals surface area (Å²) in [7, 11) is 0. The Bertz CT molecular complexity index is 1270. The third-order valence-electron chi connectivity index (χ3n) is 8.13. The van der Waals surface area contributed by atoms with Crippen molar-refractivity contribution in [3.8, 4) is 0 Å². The number of likely N-dealkylation sites (tertiary alicyclic amines) is 2. The van der Waals surface area contributed by atoms with Crippen molar-refractivity contribution in [1.82, 2.24) is 15.1 Å². The van der Waals surface area contributed by atoms with Crippen molar-refractivity contribution in [2.24, 2.45) is 0 Å². The molecular formula is C34H45N3O4. The highest BCUT2D eigenvalue weighted by Crippen LogP contribution is 2.37. The van der Waals surface area contributed by atoms with Crippen molar-refractivity contribution in [1.29, 1.82) is 0 Å². The monoisotopic (exact) mass is 559 g/mol. The number of piperidine rings is 1. The fraction of sp³-hybridized carbons (Fsp3) is 0.500. The summed E-state index contributed by atoms with van der Waals surface area (Å²) in [5, 5.41) is 2.87. The van der Waals surface area contributed by atoms with E-state index >= 15 is 0 Å². The second kappa shape index (κ2) is 11.5. The molecule has 3 fully saturated rings. The van der Waals surface area contributed by atoms with Crippen molar-refractivity contribution in [3.63, 3.8) is 0 Å². The Hall–Kier alpha value is -3.29. The van der Waals surface area contributed by atoms with E-state index < -0.39 is 17.5 Å². The highest BCUT2D eigenvalue weighted by Gasteiger charge is 2.47. The first-order valence-electron chi connectivity index (χ1n) is 14.8. The molecule has 0 spiro atoms. The molecule has 7 heteroatoms. The van der Waals surface area contributed by atoms with Crippen LogP contribution < -0.4 is 5.32 Å². The van der Waals surface area contributed by atoms with Crippen LogP contribution in [-0.2, 0) is 20.8 Å². The van der Waals surface area contributed by atoms with Crippen molar-refractivity contribution in [2.45, 2.75) is 83.5 Å². The number of fused-ring (bicyclic) bond motifs is 1. The lowest BCUT2D eigenvalue weighted by atomic mass is 9.88. The van der Waals surface area contributed by atoms with Crippen molar-refractivity contribution >= 4 is 17.5 Å². The summed E-state index contributed by atoms with van der Waals surface area (Å²) in [6.45, 7) is 22.4. The molecule has 5 rings (SSSR count). The molecule has 3 heterocycles. The number of carbonyl (C=O) groups is 1. The lowest BCUT2D eigenvalue weighted by molar-refractivity contribution is -0.153. The number of ether oxygens (including phenoxy) is 3. The van der Waals surface area contributed by atoms with Gasteiger partial charge in [-0.05, 0) is 81.7 Å². The van der Waals surface area contributed by atoms with E-state index in [4.69, 9.17) is 14.2 Å². The molecule has 2 atom stereocenters. The van der Waals surface area contributed by atoms with E-state index in [0.29, 0.717) is 12.5 Å². The molecule has 3 aliphatic heterocycles. The Morgan fingerprint density at radius 1 is 0.951 bits per heavy atom. The molecule has 3 saturated heterocycles. The number of rotatable bonds is 7. The third-order valence-corrected chi connectivity index (χ3v) is 8.13. The van der Waals surface area contributed by atoms with Gasteiger partial charge in [0.25, 0.3) is 0 Å².